The first-order chi connectivity index (χ1) is 13.1. The summed E-state index contributed by atoms with van der Waals surface area (Å²) in [7, 11) is 0. The number of rotatable bonds is 2. The maximum absolute atomic E-state index is 2.63. The van der Waals surface area contributed by atoms with Crippen molar-refractivity contribution in [2.24, 2.45) is 17.3 Å². The van der Waals surface area contributed by atoms with E-state index in [0.29, 0.717) is 17.3 Å². The molecule has 0 bridgehead atoms. The second kappa shape index (κ2) is 6.64. The van der Waals surface area contributed by atoms with Crippen LogP contribution in [0.15, 0.2) is 47.1 Å². The summed E-state index contributed by atoms with van der Waals surface area (Å²) in [6.45, 7) is 7.25. The van der Waals surface area contributed by atoms with Gasteiger partial charge in [-0.1, -0.05) is 63.1 Å². The molecular formula is C27H36. The van der Waals surface area contributed by atoms with Crippen LogP contribution in [-0.2, 0) is 0 Å². The zero-order valence-corrected chi connectivity index (χ0v) is 17.6. The van der Waals surface area contributed by atoms with E-state index in [2.05, 4.69) is 51.1 Å². The fourth-order valence-corrected chi connectivity index (χ4v) is 7.19. The van der Waals surface area contributed by atoms with Gasteiger partial charge in [-0.15, -0.1) is 0 Å². The molecule has 2 saturated carbocycles. The van der Waals surface area contributed by atoms with Crippen LogP contribution in [0, 0.1) is 17.3 Å². The molecule has 4 aliphatic rings. The van der Waals surface area contributed by atoms with E-state index in [1.807, 2.05) is 11.1 Å². The van der Waals surface area contributed by atoms with Gasteiger partial charge >= 0.3 is 0 Å². The molecule has 0 spiro atoms. The van der Waals surface area contributed by atoms with Gasteiger partial charge in [0.05, 0.1) is 0 Å². The smallest absolute Gasteiger partial charge is 0.00622 e. The molecule has 4 aliphatic carbocycles. The minimum absolute atomic E-state index is 0.575. The van der Waals surface area contributed by atoms with Gasteiger partial charge in [-0.3, -0.25) is 0 Å². The van der Waals surface area contributed by atoms with E-state index in [1.54, 1.807) is 11.1 Å². The summed E-state index contributed by atoms with van der Waals surface area (Å²) in [5.74, 6) is 3.12. The maximum Gasteiger partial charge on any atom is 0.00622 e. The van der Waals surface area contributed by atoms with Crippen LogP contribution >= 0.6 is 0 Å². The summed E-state index contributed by atoms with van der Waals surface area (Å²) in [6, 6.07) is 9.77. The Hall–Kier alpha value is -1.30. The van der Waals surface area contributed by atoms with Crippen molar-refractivity contribution in [2.75, 3.05) is 0 Å². The predicted octanol–water partition coefficient (Wildman–Crippen LogP) is 7.92. The summed E-state index contributed by atoms with van der Waals surface area (Å²) < 4.78 is 0. The minimum Gasteiger partial charge on any atom is -0.0810 e. The molecule has 0 amide bonds. The molecule has 0 radical (unpaired) electrons. The van der Waals surface area contributed by atoms with Gasteiger partial charge in [-0.05, 0) is 96.8 Å². The molecule has 27 heavy (non-hydrogen) atoms. The van der Waals surface area contributed by atoms with Crippen molar-refractivity contribution in [3.8, 4) is 0 Å². The second-order valence-corrected chi connectivity index (χ2v) is 10.4. The molecule has 0 saturated heterocycles. The summed E-state index contributed by atoms with van der Waals surface area (Å²) in [4.78, 5) is 0. The lowest BCUT2D eigenvalue weighted by Crippen LogP contribution is -2.40. The van der Waals surface area contributed by atoms with Gasteiger partial charge in [-0.25, -0.2) is 0 Å². The Kier molecular flexibility index (Phi) is 4.37. The Bertz CT molecular complexity index is 775. The fourth-order valence-electron chi connectivity index (χ4n) is 7.19. The van der Waals surface area contributed by atoms with Gasteiger partial charge in [0.25, 0.3) is 0 Å². The van der Waals surface area contributed by atoms with Gasteiger partial charge in [0, 0.05) is 5.92 Å². The molecule has 5 rings (SSSR count). The van der Waals surface area contributed by atoms with Crippen LogP contribution in [-0.4, -0.2) is 0 Å². The van der Waals surface area contributed by atoms with E-state index in [4.69, 9.17) is 0 Å². The van der Waals surface area contributed by atoms with Gasteiger partial charge in [0.2, 0.25) is 0 Å². The molecule has 1 aromatic carbocycles. The number of fused-ring (bicyclic) bond motifs is 4. The third kappa shape index (κ3) is 2.86. The van der Waals surface area contributed by atoms with Gasteiger partial charge in [-0.2, -0.15) is 0 Å². The Labute approximate surface area is 166 Å². The molecule has 0 N–H and O–H groups in total. The van der Waals surface area contributed by atoms with Crippen molar-refractivity contribution < 1.29 is 0 Å². The summed E-state index contributed by atoms with van der Waals surface area (Å²) in [6.07, 6.45) is 15.2. The lowest BCUT2D eigenvalue weighted by molar-refractivity contribution is 0.106. The molecule has 0 heteroatoms. The van der Waals surface area contributed by atoms with Crippen molar-refractivity contribution in [1.29, 1.82) is 0 Å². The highest BCUT2D eigenvalue weighted by Gasteiger charge is 2.52. The van der Waals surface area contributed by atoms with Crippen molar-refractivity contribution in [3.63, 3.8) is 0 Å². The normalized spacial score (nSPS) is 35.6. The monoisotopic (exact) mass is 360 g/mol. The highest BCUT2D eigenvalue weighted by Crippen LogP contribution is 2.63. The van der Waals surface area contributed by atoms with Crippen LogP contribution in [0.25, 0.3) is 0 Å². The Morgan fingerprint density at radius 3 is 2.59 bits per heavy atom. The summed E-state index contributed by atoms with van der Waals surface area (Å²) in [5.41, 5.74) is 9.10. The highest BCUT2D eigenvalue weighted by atomic mass is 14.6. The number of hydrogen-bond acceptors (Lipinski definition) is 0. The minimum atomic E-state index is 0.575. The van der Waals surface area contributed by atoms with E-state index in [1.165, 1.54) is 63.4 Å². The van der Waals surface area contributed by atoms with Gasteiger partial charge in [0.1, 0.15) is 0 Å². The van der Waals surface area contributed by atoms with Crippen LogP contribution in [0.5, 0.6) is 0 Å². The average Bonchev–Trinajstić information content (AvgIpc) is 3.08. The van der Waals surface area contributed by atoms with Crippen molar-refractivity contribution >= 4 is 0 Å². The third-order valence-electron chi connectivity index (χ3n) is 8.58. The quantitative estimate of drug-likeness (QED) is 0.502. The number of allylic oxidation sites excluding steroid dienone is 4. The number of benzene rings is 1. The predicted molar refractivity (Wildman–Crippen MR) is 115 cm³/mol. The molecule has 0 unspecified atom stereocenters. The first kappa shape index (κ1) is 17.8. The van der Waals surface area contributed by atoms with Crippen molar-refractivity contribution in [3.05, 3.63) is 58.2 Å². The van der Waals surface area contributed by atoms with Crippen molar-refractivity contribution in [1.82, 2.24) is 0 Å². The van der Waals surface area contributed by atoms with E-state index in [0.717, 1.165) is 11.8 Å². The molecule has 4 atom stereocenters. The highest BCUT2D eigenvalue weighted by molar-refractivity contribution is 5.48. The summed E-state index contributed by atoms with van der Waals surface area (Å²) in [5, 5.41) is 0. The topological polar surface area (TPSA) is 0 Å². The molecular weight excluding hydrogens is 324 g/mol. The SMILES string of the molecule is CC(C)c1ccc([C@H]2C[C@]3(C)CCC[C@H]3[C@@H]3CCC4=CCCCC4=C32)cc1. The third-order valence-corrected chi connectivity index (χ3v) is 8.58. The molecule has 0 nitrogen and oxygen atoms in total. The Morgan fingerprint density at radius 2 is 1.81 bits per heavy atom. The van der Waals surface area contributed by atoms with E-state index in [9.17, 15) is 0 Å². The molecule has 144 valence electrons. The molecule has 2 fully saturated rings. The van der Waals surface area contributed by atoms with Crippen LogP contribution in [0.3, 0.4) is 0 Å². The van der Waals surface area contributed by atoms with Crippen molar-refractivity contribution in [2.45, 2.75) is 90.4 Å². The molecule has 0 aromatic heterocycles. The Balaban J connectivity index is 1.62. The van der Waals surface area contributed by atoms with E-state index < -0.39 is 0 Å². The zero-order valence-electron chi connectivity index (χ0n) is 17.6. The molecule has 1 aromatic rings. The average molecular weight is 361 g/mol. The molecule has 0 heterocycles. The summed E-state index contributed by atoms with van der Waals surface area (Å²) >= 11 is 0. The van der Waals surface area contributed by atoms with Crippen LogP contribution in [0.1, 0.15) is 102 Å². The molecule has 0 aliphatic heterocycles. The van der Waals surface area contributed by atoms with Gasteiger partial charge in [0.15, 0.2) is 0 Å². The fraction of sp³-hybridized carbons (Fsp3) is 0.630. The lowest BCUT2D eigenvalue weighted by atomic mass is 9.53. The van der Waals surface area contributed by atoms with E-state index in [-0.39, 0.29) is 0 Å². The van der Waals surface area contributed by atoms with Crippen LogP contribution in [0.2, 0.25) is 0 Å². The lowest BCUT2D eigenvalue weighted by Gasteiger charge is -2.51. The van der Waals surface area contributed by atoms with Crippen LogP contribution in [0.4, 0.5) is 0 Å². The first-order valence-corrected chi connectivity index (χ1v) is 11.6. The van der Waals surface area contributed by atoms with Crippen LogP contribution < -0.4 is 0 Å². The Morgan fingerprint density at radius 1 is 1.00 bits per heavy atom. The zero-order chi connectivity index (χ0) is 18.6. The maximum atomic E-state index is 2.63. The standard InChI is InChI=1S/C27H36/c1-18(2)19-10-12-21(13-11-19)24-17-27(3)16-6-9-25(27)23-15-14-20-7-4-5-8-22(20)26(23)24/h7,10-13,18,23-25H,4-6,8-9,14-17H2,1-3H3/t23-,24+,25-,27-/m0/s1. The second-order valence-electron chi connectivity index (χ2n) is 10.4. The van der Waals surface area contributed by atoms with Gasteiger partial charge < -0.3 is 0 Å². The number of hydrogen-bond donors (Lipinski definition) is 0. The van der Waals surface area contributed by atoms with E-state index >= 15 is 0 Å². The first-order valence-electron chi connectivity index (χ1n) is 11.6. The largest absolute Gasteiger partial charge is 0.0810 e.